The van der Waals surface area contributed by atoms with E-state index in [4.69, 9.17) is 0 Å². The molecule has 3 aromatic rings. The molecule has 0 radical (unpaired) electrons. The summed E-state index contributed by atoms with van der Waals surface area (Å²) in [5.41, 5.74) is 1.76. The third kappa shape index (κ3) is 4.93. The molecule has 1 amide bonds. The molecule has 0 bridgehead atoms. The second-order valence-electron chi connectivity index (χ2n) is 7.11. The van der Waals surface area contributed by atoms with Crippen LogP contribution in [0.2, 0.25) is 0 Å². The Kier molecular flexibility index (Phi) is 6.41. The topological polar surface area (TPSA) is 134 Å². The molecular formula is C21H21N5O5. The Morgan fingerprint density at radius 1 is 1.03 bits per heavy atom. The van der Waals surface area contributed by atoms with Gasteiger partial charge in [-0.25, -0.2) is 0 Å². The van der Waals surface area contributed by atoms with Gasteiger partial charge in [-0.05, 0) is 43.9 Å². The molecule has 0 fully saturated rings. The maximum absolute atomic E-state index is 12.9. The van der Waals surface area contributed by atoms with E-state index in [-0.39, 0.29) is 28.4 Å². The van der Waals surface area contributed by atoms with Gasteiger partial charge in [0.15, 0.2) is 0 Å². The Balaban J connectivity index is 2.06. The molecule has 1 aromatic heterocycles. The van der Waals surface area contributed by atoms with Gasteiger partial charge in [0, 0.05) is 37.0 Å². The van der Waals surface area contributed by atoms with Crippen LogP contribution in [-0.2, 0) is 0 Å². The number of hydrogen-bond acceptors (Lipinski definition) is 6. The van der Waals surface area contributed by atoms with Gasteiger partial charge in [0.2, 0.25) is 0 Å². The summed E-state index contributed by atoms with van der Waals surface area (Å²) in [6, 6.07) is 13.6. The number of H-pyrrole nitrogens is 1. The molecule has 160 valence electrons. The van der Waals surface area contributed by atoms with Gasteiger partial charge in [-0.1, -0.05) is 12.1 Å². The minimum Gasteiger partial charge on any atom is -0.354 e. The van der Waals surface area contributed by atoms with Crippen LogP contribution in [-0.4, -0.2) is 52.8 Å². The summed E-state index contributed by atoms with van der Waals surface area (Å²) >= 11 is 0. The van der Waals surface area contributed by atoms with Crippen molar-refractivity contribution in [3.63, 3.8) is 0 Å². The highest BCUT2D eigenvalue weighted by molar-refractivity contribution is 6.02. The van der Waals surface area contributed by atoms with Crippen LogP contribution < -0.4 is 5.32 Å². The average Bonchev–Trinajstić information content (AvgIpc) is 3.19. The van der Waals surface area contributed by atoms with Gasteiger partial charge >= 0.3 is 0 Å². The van der Waals surface area contributed by atoms with E-state index >= 15 is 0 Å². The molecule has 10 nitrogen and oxygen atoms in total. The molecule has 0 aliphatic carbocycles. The Morgan fingerprint density at radius 3 is 2.32 bits per heavy atom. The largest absolute Gasteiger partial charge is 0.354 e. The highest BCUT2D eigenvalue weighted by Gasteiger charge is 2.23. The summed E-state index contributed by atoms with van der Waals surface area (Å²) < 4.78 is 0. The fraction of sp³-hybridized carbons (Fsp3) is 0.190. The average molecular weight is 423 g/mol. The fourth-order valence-electron chi connectivity index (χ4n) is 3.10. The summed E-state index contributed by atoms with van der Waals surface area (Å²) in [5.74, 6) is -0.376. The molecule has 0 saturated carbocycles. The number of hydrogen-bond donors (Lipinski definition) is 2. The first-order chi connectivity index (χ1) is 14.8. The Bertz CT molecular complexity index is 1120. The number of nitro groups is 2. The Morgan fingerprint density at radius 2 is 1.71 bits per heavy atom. The van der Waals surface area contributed by atoms with Crippen molar-refractivity contribution in [3.05, 3.63) is 80.4 Å². The lowest BCUT2D eigenvalue weighted by atomic mass is 10.1. The number of carbonyl (C=O) groups excluding carboxylic acids is 1. The van der Waals surface area contributed by atoms with Crippen LogP contribution >= 0.6 is 0 Å². The molecule has 2 N–H and O–H groups in total. The summed E-state index contributed by atoms with van der Waals surface area (Å²) in [4.78, 5) is 39.3. The van der Waals surface area contributed by atoms with E-state index in [1.165, 1.54) is 18.2 Å². The minimum absolute atomic E-state index is 0.0594. The van der Waals surface area contributed by atoms with Gasteiger partial charge in [-0.3, -0.25) is 25.0 Å². The Labute approximate surface area is 177 Å². The van der Waals surface area contributed by atoms with Gasteiger partial charge in [0.25, 0.3) is 17.3 Å². The predicted molar refractivity (Wildman–Crippen MR) is 116 cm³/mol. The molecule has 10 heteroatoms. The monoisotopic (exact) mass is 423 g/mol. The molecule has 0 aliphatic heterocycles. The first-order valence-electron chi connectivity index (χ1n) is 9.42. The van der Waals surface area contributed by atoms with Crippen LogP contribution in [0.25, 0.3) is 22.5 Å². The van der Waals surface area contributed by atoms with E-state index in [0.717, 1.165) is 0 Å². The smallest absolute Gasteiger partial charge is 0.278 e. The number of non-ortho nitro benzene ring substituents is 1. The van der Waals surface area contributed by atoms with E-state index in [1.54, 1.807) is 36.4 Å². The van der Waals surface area contributed by atoms with E-state index in [9.17, 15) is 25.0 Å². The first kappa shape index (κ1) is 21.7. The molecular weight excluding hydrogens is 402 g/mol. The van der Waals surface area contributed by atoms with Gasteiger partial charge in [0.05, 0.1) is 26.7 Å². The molecule has 0 atom stereocenters. The van der Waals surface area contributed by atoms with Crippen molar-refractivity contribution in [2.24, 2.45) is 0 Å². The van der Waals surface area contributed by atoms with Crippen molar-refractivity contribution in [1.82, 2.24) is 15.2 Å². The number of rotatable bonds is 8. The van der Waals surface area contributed by atoms with Crippen molar-refractivity contribution in [3.8, 4) is 22.5 Å². The second kappa shape index (κ2) is 9.18. The summed E-state index contributed by atoms with van der Waals surface area (Å²) in [6.07, 6.45) is 0. The zero-order chi connectivity index (χ0) is 22.5. The Hall–Kier alpha value is -4.05. The van der Waals surface area contributed by atoms with E-state index in [1.807, 2.05) is 19.0 Å². The maximum Gasteiger partial charge on any atom is 0.278 e. The quantitative estimate of drug-likeness (QED) is 0.421. The van der Waals surface area contributed by atoms with Crippen LogP contribution in [0.4, 0.5) is 11.4 Å². The zero-order valence-corrected chi connectivity index (χ0v) is 17.0. The number of amides is 1. The van der Waals surface area contributed by atoms with Crippen molar-refractivity contribution >= 4 is 17.3 Å². The molecule has 0 aliphatic rings. The third-order valence-corrected chi connectivity index (χ3v) is 4.67. The zero-order valence-electron chi connectivity index (χ0n) is 17.0. The SMILES string of the molecule is CN(C)CCNC(=O)c1cc(-c2ccc([N+](=O)[O-])cc2)[nH]c1-c1ccccc1[N+](=O)[O-]. The van der Waals surface area contributed by atoms with Crippen molar-refractivity contribution in [2.45, 2.75) is 0 Å². The lowest BCUT2D eigenvalue weighted by Crippen LogP contribution is -2.31. The third-order valence-electron chi connectivity index (χ3n) is 4.67. The number of nitro benzene ring substituents is 2. The van der Waals surface area contributed by atoms with Crippen molar-refractivity contribution in [1.29, 1.82) is 0 Å². The number of aromatic nitrogens is 1. The van der Waals surface area contributed by atoms with Crippen LogP contribution in [0.15, 0.2) is 54.6 Å². The number of carbonyl (C=O) groups is 1. The van der Waals surface area contributed by atoms with Crippen molar-refractivity contribution in [2.75, 3.05) is 27.2 Å². The summed E-state index contributed by atoms with van der Waals surface area (Å²) in [5, 5.41) is 25.2. The number of para-hydroxylation sites is 1. The molecule has 0 spiro atoms. The predicted octanol–water partition coefficient (Wildman–Crippen LogP) is 3.46. The van der Waals surface area contributed by atoms with Crippen LogP contribution in [0.5, 0.6) is 0 Å². The van der Waals surface area contributed by atoms with Gasteiger partial charge in [-0.15, -0.1) is 0 Å². The standard InChI is InChI=1S/C21H21N5O5/c1-24(2)12-11-22-21(27)17-13-18(14-7-9-15(10-8-14)25(28)29)23-20(17)16-5-3-4-6-19(16)26(30)31/h3-10,13,23H,11-12H2,1-2H3,(H,22,27). The lowest BCUT2D eigenvalue weighted by molar-refractivity contribution is -0.384. The van der Waals surface area contributed by atoms with Gasteiger partial charge < -0.3 is 15.2 Å². The second-order valence-corrected chi connectivity index (χ2v) is 7.11. The molecule has 0 unspecified atom stereocenters. The number of likely N-dealkylation sites (N-methyl/N-ethyl adjacent to an activating group) is 1. The van der Waals surface area contributed by atoms with Crippen LogP contribution in [0, 0.1) is 20.2 Å². The normalized spacial score (nSPS) is 10.8. The first-order valence-corrected chi connectivity index (χ1v) is 9.42. The summed E-state index contributed by atoms with van der Waals surface area (Å²) in [7, 11) is 3.77. The molecule has 3 rings (SSSR count). The van der Waals surface area contributed by atoms with Crippen LogP contribution in [0.1, 0.15) is 10.4 Å². The van der Waals surface area contributed by atoms with E-state index < -0.39 is 9.85 Å². The van der Waals surface area contributed by atoms with Crippen molar-refractivity contribution < 1.29 is 14.6 Å². The summed E-state index contributed by atoms with van der Waals surface area (Å²) in [6.45, 7) is 1.03. The molecule has 31 heavy (non-hydrogen) atoms. The molecule has 0 saturated heterocycles. The molecule has 2 aromatic carbocycles. The van der Waals surface area contributed by atoms with Gasteiger partial charge in [-0.2, -0.15) is 0 Å². The highest BCUT2D eigenvalue weighted by atomic mass is 16.6. The maximum atomic E-state index is 12.9. The van der Waals surface area contributed by atoms with Gasteiger partial charge in [0.1, 0.15) is 0 Å². The number of nitrogens with one attached hydrogen (secondary N) is 2. The van der Waals surface area contributed by atoms with E-state index in [0.29, 0.717) is 30.0 Å². The minimum atomic E-state index is -0.505. The highest BCUT2D eigenvalue weighted by Crippen LogP contribution is 2.34. The van der Waals surface area contributed by atoms with E-state index in [2.05, 4.69) is 10.3 Å². The number of nitrogens with zero attached hydrogens (tertiary/aromatic N) is 3. The number of aromatic amines is 1. The molecule has 1 heterocycles. The lowest BCUT2D eigenvalue weighted by Gasteiger charge is -2.10. The number of benzene rings is 2. The fourth-order valence-corrected chi connectivity index (χ4v) is 3.10. The van der Waals surface area contributed by atoms with Crippen LogP contribution in [0.3, 0.4) is 0 Å².